The summed E-state index contributed by atoms with van der Waals surface area (Å²) in [5.41, 5.74) is 1.03. The van der Waals surface area contributed by atoms with Crippen molar-refractivity contribution in [3.8, 4) is 0 Å². The molecule has 2 aromatic rings. The smallest absolute Gasteiger partial charge is 0.308 e. The second-order valence-corrected chi connectivity index (χ2v) is 8.22. The Bertz CT molecular complexity index is 681. The fraction of sp³-hybridized carbons (Fsp3) is 0.400. The summed E-state index contributed by atoms with van der Waals surface area (Å²) in [4.78, 5) is 0. The highest BCUT2D eigenvalue weighted by Crippen LogP contribution is 2.49. The number of halogens is 2. The van der Waals surface area contributed by atoms with Crippen LogP contribution >= 0.6 is 7.60 Å². The minimum atomic E-state index is -3.28. The van der Waals surface area contributed by atoms with E-state index in [1.165, 1.54) is 12.1 Å². The highest BCUT2D eigenvalue weighted by molar-refractivity contribution is 7.53. The molecule has 3 nitrogen and oxygen atoms in total. The van der Waals surface area contributed by atoms with Crippen molar-refractivity contribution in [3.05, 3.63) is 71.3 Å². The van der Waals surface area contributed by atoms with E-state index >= 15 is 0 Å². The quantitative estimate of drug-likeness (QED) is 0.463. The molecule has 0 heterocycles. The average molecular weight is 382 g/mol. The molecule has 2 rings (SSSR count). The largest absolute Gasteiger partial charge is 0.330 e. The molecule has 2 aromatic carbocycles. The van der Waals surface area contributed by atoms with Gasteiger partial charge in [0.05, 0.1) is 19.4 Å². The number of hydrogen-bond acceptors (Lipinski definition) is 3. The minimum absolute atomic E-state index is 0.113. The Hall–Kier alpha value is -1.55. The number of benzene rings is 2. The predicted octanol–water partition coefficient (Wildman–Crippen LogP) is 5.78. The van der Waals surface area contributed by atoms with Crippen LogP contribution in [0.25, 0.3) is 0 Å². The summed E-state index contributed by atoms with van der Waals surface area (Å²) < 4.78 is 51.3. The SMILES string of the molecule is CCCCP(=O)(OCCc1ccccc1F)OCCc1ccccc1F. The van der Waals surface area contributed by atoms with Crippen molar-refractivity contribution >= 4 is 7.60 Å². The zero-order chi connectivity index (χ0) is 18.8. The summed E-state index contributed by atoms with van der Waals surface area (Å²) in [5.74, 6) is -0.611. The van der Waals surface area contributed by atoms with Crippen LogP contribution in [0.2, 0.25) is 0 Å². The lowest BCUT2D eigenvalue weighted by molar-refractivity contribution is 0.206. The molecule has 0 atom stereocenters. The summed E-state index contributed by atoms with van der Waals surface area (Å²) in [7, 11) is -3.28. The molecule has 0 aliphatic carbocycles. The molecular formula is C20H25F2O3P. The van der Waals surface area contributed by atoms with Crippen LogP contribution in [0.4, 0.5) is 8.78 Å². The topological polar surface area (TPSA) is 35.5 Å². The van der Waals surface area contributed by atoms with Crippen molar-refractivity contribution < 1.29 is 22.4 Å². The van der Waals surface area contributed by atoms with Crippen molar-refractivity contribution in [1.82, 2.24) is 0 Å². The maximum atomic E-state index is 13.6. The van der Waals surface area contributed by atoms with E-state index in [1.807, 2.05) is 6.92 Å². The summed E-state index contributed by atoms with van der Waals surface area (Å²) in [6.07, 6.45) is 2.50. The Morgan fingerprint density at radius 1 is 0.846 bits per heavy atom. The number of hydrogen-bond donors (Lipinski definition) is 0. The second kappa shape index (κ2) is 10.6. The maximum Gasteiger partial charge on any atom is 0.330 e. The molecule has 0 unspecified atom stereocenters. The van der Waals surface area contributed by atoms with Gasteiger partial charge in [0.2, 0.25) is 0 Å². The minimum Gasteiger partial charge on any atom is -0.308 e. The van der Waals surface area contributed by atoms with Crippen LogP contribution < -0.4 is 0 Å². The molecule has 0 fully saturated rings. The van der Waals surface area contributed by atoms with Crippen LogP contribution in [0.15, 0.2) is 48.5 Å². The lowest BCUT2D eigenvalue weighted by Crippen LogP contribution is -2.07. The van der Waals surface area contributed by atoms with Gasteiger partial charge < -0.3 is 9.05 Å². The van der Waals surface area contributed by atoms with Gasteiger partial charge in [-0.05, 0) is 42.5 Å². The van der Waals surface area contributed by atoms with Crippen molar-refractivity contribution in [3.63, 3.8) is 0 Å². The van der Waals surface area contributed by atoms with Gasteiger partial charge in [0.1, 0.15) is 11.6 Å². The normalized spacial score (nSPS) is 11.7. The predicted molar refractivity (Wildman–Crippen MR) is 99.5 cm³/mol. The lowest BCUT2D eigenvalue weighted by atomic mass is 10.1. The van der Waals surface area contributed by atoms with E-state index in [0.717, 1.165) is 6.42 Å². The van der Waals surface area contributed by atoms with Crippen LogP contribution in [0.5, 0.6) is 0 Å². The van der Waals surface area contributed by atoms with Gasteiger partial charge in [-0.2, -0.15) is 0 Å². The first-order valence-corrected chi connectivity index (χ1v) is 10.6. The van der Waals surface area contributed by atoms with E-state index < -0.39 is 7.60 Å². The van der Waals surface area contributed by atoms with Gasteiger partial charge in [-0.15, -0.1) is 0 Å². The molecule has 26 heavy (non-hydrogen) atoms. The van der Waals surface area contributed by atoms with E-state index in [9.17, 15) is 13.3 Å². The van der Waals surface area contributed by atoms with Gasteiger partial charge in [-0.3, -0.25) is 4.57 Å². The maximum absolute atomic E-state index is 13.6. The Morgan fingerprint density at radius 3 is 1.73 bits per heavy atom. The molecule has 0 aliphatic rings. The van der Waals surface area contributed by atoms with E-state index in [-0.39, 0.29) is 24.8 Å². The first kappa shape index (κ1) is 20.8. The van der Waals surface area contributed by atoms with Gasteiger partial charge in [0, 0.05) is 0 Å². The highest BCUT2D eigenvalue weighted by Gasteiger charge is 2.24. The average Bonchev–Trinajstić information content (AvgIpc) is 2.63. The first-order chi connectivity index (χ1) is 12.5. The van der Waals surface area contributed by atoms with Crippen LogP contribution in [0.3, 0.4) is 0 Å². The highest BCUT2D eigenvalue weighted by atomic mass is 31.2. The Kier molecular flexibility index (Phi) is 8.43. The van der Waals surface area contributed by atoms with E-state index in [1.54, 1.807) is 36.4 Å². The Morgan fingerprint density at radius 2 is 1.31 bits per heavy atom. The molecule has 142 valence electrons. The number of rotatable bonds is 11. The molecule has 0 saturated heterocycles. The van der Waals surface area contributed by atoms with Crippen molar-refractivity contribution in [1.29, 1.82) is 0 Å². The fourth-order valence-electron chi connectivity index (χ4n) is 2.51. The van der Waals surface area contributed by atoms with Gasteiger partial charge in [-0.25, -0.2) is 8.78 Å². The molecule has 6 heteroatoms. The van der Waals surface area contributed by atoms with E-state index in [0.29, 0.717) is 36.6 Å². The van der Waals surface area contributed by atoms with Crippen LogP contribution in [0.1, 0.15) is 30.9 Å². The summed E-state index contributed by atoms with van der Waals surface area (Å²) >= 11 is 0. The molecule has 0 aliphatic heterocycles. The monoisotopic (exact) mass is 382 g/mol. The van der Waals surface area contributed by atoms with Gasteiger partial charge >= 0.3 is 7.60 Å². The molecule has 0 radical (unpaired) electrons. The lowest BCUT2D eigenvalue weighted by Gasteiger charge is -2.19. The zero-order valence-electron chi connectivity index (χ0n) is 15.0. The van der Waals surface area contributed by atoms with Gasteiger partial charge in [0.15, 0.2) is 0 Å². The van der Waals surface area contributed by atoms with Crippen LogP contribution in [0, 0.1) is 11.6 Å². The third kappa shape index (κ3) is 6.64. The van der Waals surface area contributed by atoms with Crippen LogP contribution in [-0.2, 0) is 26.5 Å². The standard InChI is InChI=1S/C20H25F2O3P/c1-2-3-16-26(23,24-14-12-17-8-4-6-10-19(17)21)25-15-13-18-9-5-7-11-20(18)22/h4-11H,2-3,12-16H2,1H3. The van der Waals surface area contributed by atoms with Crippen LogP contribution in [-0.4, -0.2) is 19.4 Å². The third-order valence-corrected chi connectivity index (χ3v) is 6.04. The molecule has 0 aromatic heterocycles. The fourth-order valence-corrected chi connectivity index (χ4v) is 4.28. The summed E-state index contributed by atoms with van der Waals surface area (Å²) in [6.45, 7) is 2.21. The molecule has 0 saturated carbocycles. The molecule has 0 N–H and O–H groups in total. The number of unbranched alkanes of at least 4 members (excludes halogenated alkanes) is 1. The zero-order valence-corrected chi connectivity index (χ0v) is 15.9. The summed E-state index contributed by atoms with van der Waals surface area (Å²) in [6, 6.07) is 12.9. The van der Waals surface area contributed by atoms with E-state index in [2.05, 4.69) is 0 Å². The third-order valence-electron chi connectivity index (χ3n) is 4.02. The first-order valence-electron chi connectivity index (χ1n) is 8.89. The van der Waals surface area contributed by atoms with Crippen molar-refractivity contribution in [2.75, 3.05) is 19.4 Å². The van der Waals surface area contributed by atoms with Gasteiger partial charge in [-0.1, -0.05) is 49.7 Å². The van der Waals surface area contributed by atoms with Gasteiger partial charge in [0.25, 0.3) is 0 Å². The molecule has 0 bridgehead atoms. The molecule has 0 spiro atoms. The molecule has 0 amide bonds. The Balaban J connectivity index is 1.88. The summed E-state index contributed by atoms with van der Waals surface area (Å²) in [5, 5.41) is 0. The van der Waals surface area contributed by atoms with Crippen molar-refractivity contribution in [2.45, 2.75) is 32.6 Å². The second-order valence-electron chi connectivity index (χ2n) is 6.04. The van der Waals surface area contributed by atoms with Crippen molar-refractivity contribution in [2.24, 2.45) is 0 Å². The van der Waals surface area contributed by atoms with E-state index in [4.69, 9.17) is 9.05 Å². The Labute approximate surface area is 153 Å². The molecular weight excluding hydrogens is 357 g/mol.